The van der Waals surface area contributed by atoms with Crippen molar-refractivity contribution in [2.75, 3.05) is 28.6 Å². The van der Waals surface area contributed by atoms with E-state index in [0.29, 0.717) is 11.4 Å². The van der Waals surface area contributed by atoms with Gasteiger partial charge in [0.15, 0.2) is 0 Å². The number of amides is 2. The highest BCUT2D eigenvalue weighted by atomic mass is 32.2. The molecule has 3 aromatic rings. The van der Waals surface area contributed by atoms with E-state index in [0.717, 1.165) is 6.07 Å². The van der Waals surface area contributed by atoms with Crippen molar-refractivity contribution in [2.24, 2.45) is 5.92 Å². The van der Waals surface area contributed by atoms with E-state index < -0.39 is 21.8 Å². The van der Waals surface area contributed by atoms with Gasteiger partial charge < -0.3 is 20.1 Å². The van der Waals surface area contributed by atoms with Crippen LogP contribution < -0.4 is 19.7 Å². The van der Waals surface area contributed by atoms with Crippen LogP contribution in [-0.4, -0.2) is 39.0 Å². The van der Waals surface area contributed by atoms with Crippen molar-refractivity contribution >= 4 is 38.9 Å². The summed E-state index contributed by atoms with van der Waals surface area (Å²) in [5, 5.41) is 12.8. The smallest absolute Gasteiger partial charge is 0.262 e. The van der Waals surface area contributed by atoms with Crippen molar-refractivity contribution in [3.8, 4) is 11.5 Å². The van der Waals surface area contributed by atoms with Crippen molar-refractivity contribution in [1.82, 2.24) is 0 Å². The summed E-state index contributed by atoms with van der Waals surface area (Å²) in [6.07, 6.45) is 0.00877. The molecule has 176 valence electrons. The minimum absolute atomic E-state index is 0.00877. The summed E-state index contributed by atoms with van der Waals surface area (Å²) < 4.78 is 33.4. The van der Waals surface area contributed by atoms with Gasteiger partial charge in [-0.25, -0.2) is 8.42 Å². The van der Waals surface area contributed by atoms with Gasteiger partial charge in [-0.2, -0.15) is 0 Å². The highest BCUT2D eigenvalue weighted by Gasteiger charge is 2.35. The first-order valence-corrected chi connectivity index (χ1v) is 11.9. The SMILES string of the molecule is COc1ccccc1NS(=O)(=O)c1ccc(O)c(NC(=O)C2CC(=O)N(c3ccccc3)C2)c1. The van der Waals surface area contributed by atoms with E-state index in [1.54, 1.807) is 48.5 Å². The number of para-hydroxylation sites is 3. The van der Waals surface area contributed by atoms with Crippen molar-refractivity contribution in [2.45, 2.75) is 11.3 Å². The number of sulfonamides is 1. The number of phenols is 1. The van der Waals surface area contributed by atoms with E-state index >= 15 is 0 Å². The Labute approximate surface area is 197 Å². The van der Waals surface area contributed by atoms with Crippen LogP contribution in [0.3, 0.4) is 0 Å². The Morgan fingerprint density at radius 2 is 1.74 bits per heavy atom. The summed E-state index contributed by atoms with van der Waals surface area (Å²) >= 11 is 0. The second-order valence-electron chi connectivity index (χ2n) is 7.71. The number of carbonyl (C=O) groups excluding carboxylic acids is 2. The highest BCUT2D eigenvalue weighted by molar-refractivity contribution is 7.92. The van der Waals surface area contributed by atoms with Crippen LogP contribution in [0, 0.1) is 5.92 Å². The minimum atomic E-state index is -4.05. The molecule has 10 heteroatoms. The van der Waals surface area contributed by atoms with Crippen molar-refractivity contribution in [3.05, 3.63) is 72.8 Å². The molecule has 1 fully saturated rings. The summed E-state index contributed by atoms with van der Waals surface area (Å²) in [6.45, 7) is 0.183. The summed E-state index contributed by atoms with van der Waals surface area (Å²) in [4.78, 5) is 26.6. The molecule has 0 aliphatic carbocycles. The van der Waals surface area contributed by atoms with E-state index in [2.05, 4.69) is 10.0 Å². The Morgan fingerprint density at radius 3 is 2.47 bits per heavy atom. The Kier molecular flexibility index (Phi) is 6.42. The van der Waals surface area contributed by atoms with Gasteiger partial charge in [0, 0.05) is 18.7 Å². The zero-order valence-corrected chi connectivity index (χ0v) is 19.1. The maximum atomic E-state index is 12.9. The highest BCUT2D eigenvalue weighted by Crippen LogP contribution is 2.31. The minimum Gasteiger partial charge on any atom is -0.506 e. The summed E-state index contributed by atoms with van der Waals surface area (Å²) in [5.74, 6) is -1.29. The van der Waals surface area contributed by atoms with Gasteiger partial charge in [-0.1, -0.05) is 30.3 Å². The topological polar surface area (TPSA) is 125 Å². The maximum Gasteiger partial charge on any atom is 0.262 e. The Balaban J connectivity index is 1.51. The molecular formula is C24H23N3O6S. The van der Waals surface area contributed by atoms with Gasteiger partial charge in [0.2, 0.25) is 11.8 Å². The van der Waals surface area contributed by atoms with Crippen molar-refractivity contribution < 1.29 is 27.9 Å². The van der Waals surface area contributed by atoms with Crippen molar-refractivity contribution in [3.63, 3.8) is 0 Å². The predicted molar refractivity (Wildman–Crippen MR) is 127 cm³/mol. The Hall–Kier alpha value is -4.05. The second-order valence-corrected chi connectivity index (χ2v) is 9.40. The first-order valence-electron chi connectivity index (χ1n) is 10.4. The molecule has 0 bridgehead atoms. The zero-order valence-electron chi connectivity index (χ0n) is 18.3. The lowest BCUT2D eigenvalue weighted by Gasteiger charge is -2.17. The van der Waals surface area contributed by atoms with Crippen molar-refractivity contribution in [1.29, 1.82) is 0 Å². The number of hydrogen-bond donors (Lipinski definition) is 3. The van der Waals surface area contributed by atoms with Crippen LogP contribution in [0.2, 0.25) is 0 Å². The molecule has 1 unspecified atom stereocenters. The van der Waals surface area contributed by atoms with Gasteiger partial charge >= 0.3 is 0 Å². The second kappa shape index (κ2) is 9.44. The van der Waals surface area contributed by atoms with E-state index in [4.69, 9.17) is 4.74 Å². The van der Waals surface area contributed by atoms with Gasteiger partial charge in [-0.05, 0) is 42.5 Å². The molecule has 4 rings (SSSR count). The predicted octanol–water partition coefficient (Wildman–Crippen LogP) is 3.19. The molecule has 1 atom stereocenters. The van der Waals surface area contributed by atoms with Crippen LogP contribution in [-0.2, 0) is 19.6 Å². The largest absolute Gasteiger partial charge is 0.506 e. The number of rotatable bonds is 7. The van der Waals surface area contributed by atoms with Gasteiger partial charge in [0.1, 0.15) is 11.5 Å². The molecule has 9 nitrogen and oxygen atoms in total. The first kappa shape index (κ1) is 23.1. The fourth-order valence-corrected chi connectivity index (χ4v) is 4.79. The number of aromatic hydroxyl groups is 1. The number of hydrogen-bond acceptors (Lipinski definition) is 6. The Morgan fingerprint density at radius 1 is 1.03 bits per heavy atom. The average Bonchev–Trinajstić information content (AvgIpc) is 3.23. The van der Waals surface area contributed by atoms with Crippen LogP contribution in [0.1, 0.15) is 6.42 Å². The quantitative estimate of drug-likeness (QED) is 0.445. The lowest BCUT2D eigenvalue weighted by atomic mass is 10.1. The molecule has 2 amide bonds. The Bertz CT molecular complexity index is 1330. The van der Waals surface area contributed by atoms with Gasteiger partial charge in [-0.15, -0.1) is 0 Å². The zero-order chi connectivity index (χ0) is 24.3. The summed E-state index contributed by atoms with van der Waals surface area (Å²) in [7, 11) is -2.62. The van der Waals surface area contributed by atoms with Crippen LogP contribution in [0.4, 0.5) is 17.1 Å². The van der Waals surface area contributed by atoms with E-state index in [1.807, 2.05) is 6.07 Å². The van der Waals surface area contributed by atoms with E-state index in [9.17, 15) is 23.1 Å². The third-order valence-electron chi connectivity index (χ3n) is 5.45. The number of benzene rings is 3. The fraction of sp³-hybridized carbons (Fsp3) is 0.167. The molecule has 1 aliphatic rings. The van der Waals surface area contributed by atoms with Gasteiger partial charge in [-0.3, -0.25) is 14.3 Å². The van der Waals surface area contributed by atoms with Crippen LogP contribution in [0.25, 0.3) is 0 Å². The molecule has 34 heavy (non-hydrogen) atoms. The number of methoxy groups -OCH3 is 1. The average molecular weight is 482 g/mol. The number of phenolic OH excluding ortho intramolecular Hbond substituents is 1. The number of carbonyl (C=O) groups is 2. The van der Waals surface area contributed by atoms with E-state index in [-0.39, 0.29) is 40.9 Å². The lowest BCUT2D eigenvalue weighted by molar-refractivity contribution is -0.122. The fourth-order valence-electron chi connectivity index (χ4n) is 3.69. The molecule has 1 aliphatic heterocycles. The molecular weight excluding hydrogens is 458 g/mol. The number of ether oxygens (including phenoxy) is 1. The molecule has 0 saturated carbocycles. The number of nitrogens with one attached hydrogen (secondary N) is 2. The molecule has 1 heterocycles. The normalized spacial score (nSPS) is 15.7. The molecule has 3 aromatic carbocycles. The first-order chi connectivity index (χ1) is 16.3. The lowest BCUT2D eigenvalue weighted by Crippen LogP contribution is -2.28. The third-order valence-corrected chi connectivity index (χ3v) is 6.81. The molecule has 0 spiro atoms. The third kappa shape index (κ3) is 4.81. The molecule has 1 saturated heterocycles. The van der Waals surface area contributed by atoms with Crippen LogP contribution >= 0.6 is 0 Å². The maximum absolute atomic E-state index is 12.9. The number of anilines is 3. The number of nitrogens with zero attached hydrogens (tertiary/aromatic N) is 1. The standard InChI is InChI=1S/C24H23N3O6S/c1-33-22-10-6-5-9-19(22)26-34(31,32)18-11-12-21(28)20(14-18)25-24(30)16-13-23(29)27(15-16)17-7-3-2-4-8-17/h2-12,14,16,26,28H,13,15H2,1H3,(H,25,30). The summed E-state index contributed by atoms with van der Waals surface area (Å²) in [6, 6.07) is 19.1. The molecule has 0 aromatic heterocycles. The summed E-state index contributed by atoms with van der Waals surface area (Å²) in [5.41, 5.74) is 0.869. The molecule has 3 N–H and O–H groups in total. The van der Waals surface area contributed by atoms with Gasteiger partial charge in [0.25, 0.3) is 10.0 Å². The van der Waals surface area contributed by atoms with E-state index in [1.165, 1.54) is 24.1 Å². The monoisotopic (exact) mass is 481 g/mol. The van der Waals surface area contributed by atoms with Crippen LogP contribution in [0.15, 0.2) is 77.7 Å². The van der Waals surface area contributed by atoms with Crippen LogP contribution in [0.5, 0.6) is 11.5 Å². The van der Waals surface area contributed by atoms with Gasteiger partial charge in [0.05, 0.1) is 29.3 Å². The molecule has 0 radical (unpaired) electrons.